The molecule has 0 aromatic carbocycles. The van der Waals surface area contributed by atoms with E-state index in [0.29, 0.717) is 23.9 Å². The number of unbranched alkanes of at least 4 members (excludes halogenated alkanes) is 38. The second-order valence-electron chi connectivity index (χ2n) is 24.3. The third kappa shape index (κ3) is 60.3. The van der Waals surface area contributed by atoms with Crippen LogP contribution < -0.4 is 5.32 Å². The molecule has 0 saturated carbocycles. The molecule has 0 saturated heterocycles. The lowest BCUT2D eigenvalue weighted by Gasteiger charge is -2.27. The van der Waals surface area contributed by atoms with Crippen LogP contribution in [0.1, 0.15) is 323 Å². The molecule has 3 atom stereocenters. The van der Waals surface area contributed by atoms with E-state index in [1.165, 1.54) is 199 Å². The Balaban J connectivity index is 5.03. The van der Waals surface area contributed by atoms with E-state index in [1.807, 2.05) is 33.3 Å². The number of esters is 1. The molecule has 9 nitrogen and oxygen atoms in total. The van der Waals surface area contributed by atoms with Crippen molar-refractivity contribution in [1.29, 1.82) is 0 Å². The van der Waals surface area contributed by atoms with Gasteiger partial charge >= 0.3 is 13.8 Å². The lowest BCUT2D eigenvalue weighted by Crippen LogP contribution is -2.47. The van der Waals surface area contributed by atoms with Crippen molar-refractivity contribution < 1.29 is 37.3 Å². The zero-order valence-electron chi connectivity index (χ0n) is 53.6. The molecule has 0 radical (unpaired) electrons. The number of carbonyl (C=O) groups excluding carboxylic acids is 2. The van der Waals surface area contributed by atoms with Gasteiger partial charge < -0.3 is 19.4 Å². The molecule has 2 N–H and O–H groups in total. The van der Waals surface area contributed by atoms with E-state index in [2.05, 4.69) is 74.7 Å². The molecule has 0 aliphatic carbocycles. The minimum absolute atomic E-state index is 0.0365. The number of amides is 1. The summed E-state index contributed by atoms with van der Waals surface area (Å²) in [7, 11) is 1.49. The van der Waals surface area contributed by atoms with Crippen LogP contribution in [0.15, 0.2) is 60.8 Å². The molecule has 10 heteroatoms. The predicted octanol–water partition coefficient (Wildman–Crippen LogP) is 21.4. The summed E-state index contributed by atoms with van der Waals surface area (Å²) in [6.45, 7) is 6.91. The molecule has 1 amide bonds. The second-order valence-corrected chi connectivity index (χ2v) is 25.8. The summed E-state index contributed by atoms with van der Waals surface area (Å²) in [5, 5.41) is 3.06. The van der Waals surface area contributed by atoms with Crippen molar-refractivity contribution in [2.45, 2.75) is 335 Å². The number of ether oxygens (including phenoxy) is 1. The van der Waals surface area contributed by atoms with E-state index >= 15 is 0 Å². The quantitative estimate of drug-likeness (QED) is 0.0205. The first-order valence-electron chi connectivity index (χ1n) is 34.1. The van der Waals surface area contributed by atoms with E-state index in [1.54, 1.807) is 0 Å². The molecule has 80 heavy (non-hydrogen) atoms. The molecule has 0 fully saturated rings. The number of nitrogens with zero attached hydrogens (tertiary/aromatic N) is 1. The first-order valence-corrected chi connectivity index (χ1v) is 35.6. The van der Waals surface area contributed by atoms with Crippen LogP contribution in [0.3, 0.4) is 0 Å². The Labute approximate surface area is 496 Å². The Morgan fingerprint density at radius 2 is 0.800 bits per heavy atom. The normalized spacial score (nSPS) is 13.9. The minimum Gasteiger partial charge on any atom is -0.456 e. The van der Waals surface area contributed by atoms with Crippen molar-refractivity contribution in [2.75, 3.05) is 40.9 Å². The van der Waals surface area contributed by atoms with Crippen LogP contribution in [0, 0.1) is 0 Å². The van der Waals surface area contributed by atoms with Crippen molar-refractivity contribution in [3.63, 3.8) is 0 Å². The van der Waals surface area contributed by atoms with E-state index in [4.69, 9.17) is 13.8 Å². The van der Waals surface area contributed by atoms with Crippen molar-refractivity contribution in [3.05, 3.63) is 60.8 Å². The Morgan fingerprint density at radius 1 is 0.450 bits per heavy atom. The van der Waals surface area contributed by atoms with Crippen LogP contribution in [0.25, 0.3) is 0 Å². The highest BCUT2D eigenvalue weighted by atomic mass is 31.2. The largest absolute Gasteiger partial charge is 0.472 e. The number of quaternary nitrogens is 1. The van der Waals surface area contributed by atoms with Gasteiger partial charge in [0.1, 0.15) is 19.3 Å². The van der Waals surface area contributed by atoms with Crippen molar-refractivity contribution in [1.82, 2.24) is 5.32 Å². The van der Waals surface area contributed by atoms with E-state index in [-0.39, 0.29) is 31.5 Å². The zero-order chi connectivity index (χ0) is 58.6. The van der Waals surface area contributed by atoms with Gasteiger partial charge in [-0.3, -0.25) is 18.6 Å². The number of hydrogen-bond donors (Lipinski definition) is 2. The Bertz CT molecular complexity index is 1550. The molecule has 0 spiro atoms. The number of allylic oxidation sites excluding steroid dienone is 9. The molecule has 0 aromatic rings. The van der Waals surface area contributed by atoms with Crippen molar-refractivity contribution in [3.8, 4) is 0 Å². The van der Waals surface area contributed by atoms with Gasteiger partial charge in [-0.15, -0.1) is 0 Å². The van der Waals surface area contributed by atoms with Crippen molar-refractivity contribution >= 4 is 19.7 Å². The summed E-state index contributed by atoms with van der Waals surface area (Å²) in [5.74, 6) is -0.520. The van der Waals surface area contributed by atoms with E-state index < -0.39 is 20.0 Å². The molecule has 0 heterocycles. The Kier molecular flexibility index (Phi) is 58.1. The fourth-order valence-corrected chi connectivity index (χ4v) is 10.7. The summed E-state index contributed by atoms with van der Waals surface area (Å²) in [6, 6.07) is -0.857. The topological polar surface area (TPSA) is 111 Å². The first-order chi connectivity index (χ1) is 38.9. The Morgan fingerprint density at radius 3 is 1.21 bits per heavy atom. The van der Waals surface area contributed by atoms with E-state index in [9.17, 15) is 19.0 Å². The van der Waals surface area contributed by atoms with Crippen molar-refractivity contribution in [2.24, 2.45) is 0 Å². The number of likely N-dealkylation sites (N-methyl/N-ethyl adjacent to an activating group) is 1. The highest BCUT2D eigenvalue weighted by molar-refractivity contribution is 7.47. The molecular formula is C70H132N2O7P+. The van der Waals surface area contributed by atoms with Gasteiger partial charge in [0.05, 0.1) is 33.8 Å². The maximum Gasteiger partial charge on any atom is 0.472 e. The summed E-state index contributed by atoms with van der Waals surface area (Å²) in [6.07, 6.45) is 76.7. The van der Waals surface area contributed by atoms with Gasteiger partial charge in [0.25, 0.3) is 0 Å². The molecule has 0 bridgehead atoms. The molecule has 3 unspecified atom stereocenters. The number of hydrogen-bond acceptors (Lipinski definition) is 6. The molecular weight excluding hydrogens is 1010 g/mol. The van der Waals surface area contributed by atoms with Crippen LogP contribution in [-0.2, 0) is 27.9 Å². The number of rotatable bonds is 62. The SMILES string of the molecule is CC/C=C/C/C=C/C/C=C/CCCCCCC(=O)OC(/C=C\CCCCCCCCCCCCC)C(COP(=O)(O)OCC[N+](C)(C)C)NC(=O)CCCCCCCCCCCCCCCCCCC/C=C/CCCCCCCC. The van der Waals surface area contributed by atoms with Gasteiger partial charge in [0.2, 0.25) is 5.91 Å². The molecule has 0 aliphatic rings. The first kappa shape index (κ1) is 77.7. The third-order valence-electron chi connectivity index (χ3n) is 15.2. The highest BCUT2D eigenvalue weighted by Crippen LogP contribution is 2.43. The predicted molar refractivity (Wildman–Crippen MR) is 346 cm³/mol. The average Bonchev–Trinajstić information content (AvgIpc) is 3.42. The lowest BCUT2D eigenvalue weighted by molar-refractivity contribution is -0.870. The molecule has 0 aliphatic heterocycles. The highest BCUT2D eigenvalue weighted by Gasteiger charge is 2.30. The van der Waals surface area contributed by atoms with Crippen LogP contribution in [0.2, 0.25) is 0 Å². The fourth-order valence-electron chi connectivity index (χ4n) is 9.95. The summed E-state index contributed by atoms with van der Waals surface area (Å²) in [5.41, 5.74) is 0. The lowest BCUT2D eigenvalue weighted by atomic mass is 10.0. The summed E-state index contributed by atoms with van der Waals surface area (Å²) >= 11 is 0. The van der Waals surface area contributed by atoms with E-state index in [0.717, 1.165) is 83.5 Å². The third-order valence-corrected chi connectivity index (χ3v) is 16.2. The van der Waals surface area contributed by atoms with Gasteiger partial charge in [-0.25, -0.2) is 4.57 Å². The summed E-state index contributed by atoms with van der Waals surface area (Å²) in [4.78, 5) is 37.8. The summed E-state index contributed by atoms with van der Waals surface area (Å²) < 4.78 is 30.7. The smallest absolute Gasteiger partial charge is 0.456 e. The van der Waals surface area contributed by atoms with Crippen LogP contribution >= 0.6 is 7.82 Å². The van der Waals surface area contributed by atoms with Gasteiger partial charge in [0.15, 0.2) is 0 Å². The average molecular weight is 1140 g/mol. The van der Waals surface area contributed by atoms with Gasteiger partial charge in [-0.1, -0.05) is 281 Å². The van der Waals surface area contributed by atoms with Gasteiger partial charge in [-0.2, -0.15) is 0 Å². The molecule has 0 rings (SSSR count). The minimum atomic E-state index is -4.46. The van der Waals surface area contributed by atoms with Gasteiger partial charge in [-0.05, 0) is 89.5 Å². The number of carbonyl (C=O) groups is 2. The number of phosphoric acid groups is 1. The fraction of sp³-hybridized carbons (Fsp3) is 0.829. The monoisotopic (exact) mass is 1140 g/mol. The van der Waals surface area contributed by atoms with Crippen LogP contribution in [-0.4, -0.2) is 74.3 Å². The van der Waals surface area contributed by atoms with Gasteiger partial charge in [0, 0.05) is 12.8 Å². The van der Waals surface area contributed by atoms with Crippen LogP contribution in [0.5, 0.6) is 0 Å². The number of phosphoric ester groups is 1. The van der Waals surface area contributed by atoms with Crippen LogP contribution in [0.4, 0.5) is 0 Å². The molecule has 0 aromatic heterocycles. The standard InChI is InChI=1S/C70H131N2O7P/c1-7-10-13-16-19-22-25-28-30-31-32-33-34-35-36-37-38-39-40-41-42-44-47-50-53-56-59-62-69(73)71-67(66-78-80(75,76)77-65-64-72(4,5)6)68(61-58-55-52-49-46-43-27-24-21-18-15-12-9-3)79-70(74)63-60-57-54-51-48-45-29-26-23-20-17-14-11-8-2/h11,14,20,23,28-30,45,58,61,67-68H,7-10,12-13,15-19,21-22,24-27,31-44,46-57,59-60,62-66H2,1-6H3,(H-,71,73,75,76)/p+1/b14-11+,23-20+,30-28+,45-29+,61-58-. The second kappa shape index (κ2) is 59.9. The Hall–Kier alpha value is -2.29. The molecule has 468 valence electrons. The zero-order valence-corrected chi connectivity index (χ0v) is 54.5. The maximum absolute atomic E-state index is 13.6. The maximum atomic E-state index is 13.6. The number of nitrogens with one attached hydrogen (secondary N) is 1.